The van der Waals surface area contributed by atoms with E-state index in [4.69, 9.17) is 0 Å². The molecule has 0 aliphatic rings. The van der Waals surface area contributed by atoms with Crippen molar-refractivity contribution in [3.63, 3.8) is 0 Å². The van der Waals surface area contributed by atoms with Gasteiger partial charge < -0.3 is 15.3 Å². The second-order valence-electron chi connectivity index (χ2n) is 6.89. The molecular weight excluding hydrogens is 356 g/mol. The Balaban J connectivity index is 2.17. The summed E-state index contributed by atoms with van der Waals surface area (Å²) >= 11 is 0. The molecule has 3 N–H and O–H groups in total. The molecule has 0 radical (unpaired) electrons. The number of unbranched alkanes of at least 4 members (excludes halogenated alkanes) is 3. The zero-order valence-corrected chi connectivity index (χ0v) is 16.3. The van der Waals surface area contributed by atoms with E-state index in [9.17, 15) is 24.9 Å². The van der Waals surface area contributed by atoms with E-state index in [0.717, 1.165) is 25.7 Å². The van der Waals surface area contributed by atoms with Crippen LogP contribution in [0.25, 0.3) is 0 Å². The lowest BCUT2D eigenvalue weighted by molar-refractivity contribution is 0.0977. The number of benzene rings is 2. The minimum atomic E-state index is -0.338. The molecule has 150 valence electrons. The van der Waals surface area contributed by atoms with Gasteiger partial charge in [0.05, 0.1) is 19.8 Å². The molecule has 0 spiro atoms. The van der Waals surface area contributed by atoms with Gasteiger partial charge in [-0.2, -0.15) is 0 Å². The lowest BCUT2D eigenvalue weighted by atomic mass is 9.93. The van der Waals surface area contributed by atoms with Crippen molar-refractivity contribution in [2.75, 3.05) is 0 Å². The largest absolute Gasteiger partial charge is 0.392 e. The average molecular weight is 384 g/mol. The van der Waals surface area contributed by atoms with Crippen molar-refractivity contribution in [3.8, 4) is 0 Å². The van der Waals surface area contributed by atoms with Crippen molar-refractivity contribution in [3.05, 3.63) is 69.8 Å². The maximum atomic E-state index is 12.8. The van der Waals surface area contributed by atoms with Crippen LogP contribution in [-0.4, -0.2) is 26.9 Å². The monoisotopic (exact) mass is 384 g/mol. The van der Waals surface area contributed by atoms with Gasteiger partial charge in [-0.15, -0.1) is 0 Å². The SMILES string of the molecule is CCCCCCC(=O)c1ccc(C(=O)c2cc(CO)c(CO)c(CO)c2)cc1. The number of carbonyl (C=O) groups is 2. The van der Waals surface area contributed by atoms with Crippen LogP contribution in [0.15, 0.2) is 36.4 Å². The van der Waals surface area contributed by atoms with Crippen molar-refractivity contribution < 1.29 is 24.9 Å². The maximum absolute atomic E-state index is 12.8. The smallest absolute Gasteiger partial charge is 0.193 e. The molecule has 5 heteroatoms. The second kappa shape index (κ2) is 10.9. The summed E-state index contributed by atoms with van der Waals surface area (Å²) in [5, 5.41) is 28.5. The van der Waals surface area contributed by atoms with E-state index in [1.54, 1.807) is 24.3 Å². The number of aliphatic hydroxyl groups excluding tert-OH is 3. The molecule has 0 aromatic heterocycles. The maximum Gasteiger partial charge on any atom is 0.193 e. The third-order valence-corrected chi connectivity index (χ3v) is 4.92. The summed E-state index contributed by atoms with van der Waals surface area (Å²) in [6.07, 6.45) is 4.68. The molecule has 0 aliphatic heterocycles. The van der Waals surface area contributed by atoms with Gasteiger partial charge >= 0.3 is 0 Å². The Morgan fingerprint density at radius 1 is 0.750 bits per heavy atom. The highest BCUT2D eigenvalue weighted by Gasteiger charge is 2.16. The molecule has 0 bridgehead atoms. The molecule has 0 heterocycles. The first-order valence-electron chi connectivity index (χ1n) is 9.70. The fraction of sp³-hybridized carbons (Fsp3) is 0.391. The minimum absolute atomic E-state index is 0.0764. The van der Waals surface area contributed by atoms with Crippen molar-refractivity contribution >= 4 is 11.6 Å². The summed E-state index contributed by atoms with van der Waals surface area (Å²) in [6, 6.07) is 9.63. The van der Waals surface area contributed by atoms with Crippen LogP contribution in [0, 0.1) is 0 Å². The third-order valence-electron chi connectivity index (χ3n) is 4.92. The zero-order valence-electron chi connectivity index (χ0n) is 16.3. The van der Waals surface area contributed by atoms with Crippen LogP contribution in [0.4, 0.5) is 0 Å². The Hall–Kier alpha value is -2.34. The number of ketones is 2. The van der Waals surface area contributed by atoms with Crippen LogP contribution in [0.5, 0.6) is 0 Å². The van der Waals surface area contributed by atoms with Crippen LogP contribution in [0.3, 0.4) is 0 Å². The number of hydrogen-bond donors (Lipinski definition) is 3. The van der Waals surface area contributed by atoms with Crippen molar-refractivity contribution in [1.29, 1.82) is 0 Å². The van der Waals surface area contributed by atoms with Crippen molar-refractivity contribution in [1.82, 2.24) is 0 Å². The van der Waals surface area contributed by atoms with Gasteiger partial charge in [0, 0.05) is 23.1 Å². The van der Waals surface area contributed by atoms with Gasteiger partial charge in [0.1, 0.15) is 0 Å². The van der Waals surface area contributed by atoms with E-state index >= 15 is 0 Å². The van der Waals surface area contributed by atoms with Crippen LogP contribution < -0.4 is 0 Å². The van der Waals surface area contributed by atoms with Crippen molar-refractivity contribution in [2.24, 2.45) is 0 Å². The summed E-state index contributed by atoms with van der Waals surface area (Å²) in [4.78, 5) is 25.0. The van der Waals surface area contributed by atoms with Gasteiger partial charge in [-0.3, -0.25) is 9.59 Å². The van der Waals surface area contributed by atoms with E-state index in [0.29, 0.717) is 39.8 Å². The average Bonchev–Trinajstić information content (AvgIpc) is 2.74. The summed E-state index contributed by atoms with van der Waals surface area (Å²) in [5.74, 6) is -0.191. The van der Waals surface area contributed by atoms with E-state index in [1.165, 1.54) is 12.1 Å². The van der Waals surface area contributed by atoms with E-state index < -0.39 is 0 Å². The minimum Gasteiger partial charge on any atom is -0.392 e. The lowest BCUT2D eigenvalue weighted by Gasteiger charge is -2.13. The summed E-state index contributed by atoms with van der Waals surface area (Å²) < 4.78 is 0. The molecule has 0 saturated carbocycles. The topological polar surface area (TPSA) is 94.8 Å². The fourth-order valence-electron chi connectivity index (χ4n) is 3.24. The van der Waals surface area contributed by atoms with Gasteiger partial charge in [-0.25, -0.2) is 0 Å². The standard InChI is InChI=1S/C23H28O5/c1-2-3-4-5-6-22(27)16-7-9-17(10-8-16)23(28)18-11-19(13-24)21(15-26)20(12-18)14-25/h7-12,24-26H,2-6,13-15H2,1H3. The van der Waals surface area contributed by atoms with Gasteiger partial charge in [-0.1, -0.05) is 50.5 Å². The highest BCUT2D eigenvalue weighted by atomic mass is 16.3. The van der Waals surface area contributed by atoms with Gasteiger partial charge in [0.15, 0.2) is 11.6 Å². The third kappa shape index (κ3) is 5.35. The Bertz CT molecular complexity index is 783. The fourth-order valence-corrected chi connectivity index (χ4v) is 3.24. The van der Waals surface area contributed by atoms with Crippen LogP contribution in [0.1, 0.15) is 82.0 Å². The molecule has 2 aromatic carbocycles. The molecule has 0 unspecified atom stereocenters. The summed E-state index contributed by atoms with van der Waals surface area (Å²) in [6.45, 7) is 1.13. The van der Waals surface area contributed by atoms with Crippen molar-refractivity contribution in [2.45, 2.75) is 58.8 Å². The Labute approximate surface area is 165 Å². The Morgan fingerprint density at radius 3 is 1.82 bits per heavy atom. The zero-order chi connectivity index (χ0) is 20.5. The number of Topliss-reactive ketones (excluding diaryl/α,β-unsaturated/α-hetero) is 1. The van der Waals surface area contributed by atoms with E-state index in [-0.39, 0.29) is 31.4 Å². The van der Waals surface area contributed by atoms with Crippen LogP contribution in [0.2, 0.25) is 0 Å². The predicted molar refractivity (Wildman–Crippen MR) is 107 cm³/mol. The van der Waals surface area contributed by atoms with Crippen LogP contribution >= 0.6 is 0 Å². The molecular formula is C23H28O5. The Morgan fingerprint density at radius 2 is 1.32 bits per heavy atom. The molecule has 0 aliphatic carbocycles. The van der Waals surface area contributed by atoms with Gasteiger partial charge in [0.2, 0.25) is 0 Å². The lowest BCUT2D eigenvalue weighted by Crippen LogP contribution is -2.08. The number of carbonyl (C=O) groups excluding carboxylic acids is 2. The molecule has 0 fully saturated rings. The first-order valence-corrected chi connectivity index (χ1v) is 9.70. The highest BCUT2D eigenvalue weighted by Crippen LogP contribution is 2.21. The quantitative estimate of drug-likeness (QED) is 0.407. The van der Waals surface area contributed by atoms with Gasteiger partial charge in [-0.05, 0) is 35.2 Å². The highest BCUT2D eigenvalue weighted by molar-refractivity contribution is 6.09. The molecule has 0 amide bonds. The number of hydrogen-bond acceptors (Lipinski definition) is 5. The predicted octanol–water partition coefficient (Wildman–Crippen LogP) is 3.55. The molecule has 0 atom stereocenters. The number of rotatable bonds is 11. The molecule has 28 heavy (non-hydrogen) atoms. The summed E-state index contributed by atoms with van der Waals surface area (Å²) in [7, 11) is 0. The van der Waals surface area contributed by atoms with Gasteiger partial charge in [0.25, 0.3) is 0 Å². The molecule has 5 nitrogen and oxygen atoms in total. The normalized spacial score (nSPS) is 10.9. The van der Waals surface area contributed by atoms with E-state index in [2.05, 4.69) is 6.92 Å². The second-order valence-corrected chi connectivity index (χ2v) is 6.89. The Kier molecular flexibility index (Phi) is 8.51. The molecule has 2 rings (SSSR count). The molecule has 0 saturated heterocycles. The first kappa shape index (κ1) is 22.0. The summed E-state index contributed by atoms with van der Waals surface area (Å²) in [5.41, 5.74) is 2.60. The van der Waals surface area contributed by atoms with E-state index in [1.807, 2.05) is 0 Å². The number of aliphatic hydroxyl groups is 3. The first-order chi connectivity index (χ1) is 13.5. The molecule has 2 aromatic rings. The van der Waals surface area contributed by atoms with Crippen LogP contribution in [-0.2, 0) is 19.8 Å².